The SMILES string of the molecule is Cc1ccc(C)c(CC2NCCNC2=O)c1. The zero-order chi connectivity index (χ0) is 11.5. The summed E-state index contributed by atoms with van der Waals surface area (Å²) in [7, 11) is 0. The van der Waals surface area contributed by atoms with Crippen LogP contribution in [0.25, 0.3) is 0 Å². The van der Waals surface area contributed by atoms with Crippen LogP contribution in [-0.4, -0.2) is 25.0 Å². The highest BCUT2D eigenvalue weighted by molar-refractivity contribution is 5.82. The quantitative estimate of drug-likeness (QED) is 0.775. The molecule has 2 N–H and O–H groups in total. The van der Waals surface area contributed by atoms with E-state index in [0.29, 0.717) is 0 Å². The van der Waals surface area contributed by atoms with Gasteiger partial charge in [0, 0.05) is 13.1 Å². The first kappa shape index (κ1) is 11.1. The number of hydrogen-bond donors (Lipinski definition) is 2. The van der Waals surface area contributed by atoms with Gasteiger partial charge < -0.3 is 10.6 Å². The molecule has 0 aromatic heterocycles. The fourth-order valence-electron chi connectivity index (χ4n) is 2.05. The van der Waals surface area contributed by atoms with Gasteiger partial charge in [-0.3, -0.25) is 4.79 Å². The minimum Gasteiger partial charge on any atom is -0.353 e. The molecule has 1 atom stereocenters. The van der Waals surface area contributed by atoms with E-state index in [2.05, 4.69) is 42.7 Å². The minimum absolute atomic E-state index is 0.0748. The Balaban J connectivity index is 2.13. The van der Waals surface area contributed by atoms with Crippen molar-refractivity contribution in [3.8, 4) is 0 Å². The Labute approximate surface area is 96.2 Å². The zero-order valence-corrected chi connectivity index (χ0v) is 9.84. The lowest BCUT2D eigenvalue weighted by atomic mass is 9.98. The molecular formula is C13H18N2O. The first-order chi connectivity index (χ1) is 7.66. The van der Waals surface area contributed by atoms with E-state index in [1.807, 2.05) is 0 Å². The number of aryl methyl sites for hydroxylation is 2. The Kier molecular flexibility index (Phi) is 3.25. The maximum absolute atomic E-state index is 11.6. The number of nitrogens with one attached hydrogen (secondary N) is 2. The summed E-state index contributed by atoms with van der Waals surface area (Å²) in [6, 6.07) is 6.31. The number of rotatable bonds is 2. The lowest BCUT2D eigenvalue weighted by molar-refractivity contribution is -0.124. The number of carbonyl (C=O) groups is 1. The normalized spacial score (nSPS) is 20.6. The summed E-state index contributed by atoms with van der Waals surface area (Å²) in [4.78, 5) is 11.6. The van der Waals surface area contributed by atoms with E-state index in [1.165, 1.54) is 16.7 Å². The average molecular weight is 218 g/mol. The maximum atomic E-state index is 11.6. The fraction of sp³-hybridized carbons (Fsp3) is 0.462. The molecule has 1 saturated heterocycles. The van der Waals surface area contributed by atoms with Crippen molar-refractivity contribution in [2.45, 2.75) is 26.3 Å². The summed E-state index contributed by atoms with van der Waals surface area (Å²) in [6.07, 6.45) is 0.777. The average Bonchev–Trinajstić information content (AvgIpc) is 2.27. The number of carbonyl (C=O) groups excluding carboxylic acids is 1. The third kappa shape index (κ3) is 2.42. The fourth-order valence-corrected chi connectivity index (χ4v) is 2.05. The number of benzene rings is 1. The molecule has 1 aliphatic heterocycles. The highest BCUT2D eigenvalue weighted by atomic mass is 16.2. The molecule has 2 rings (SSSR count). The van der Waals surface area contributed by atoms with Crippen LogP contribution in [0.3, 0.4) is 0 Å². The highest BCUT2D eigenvalue weighted by Crippen LogP contribution is 2.13. The maximum Gasteiger partial charge on any atom is 0.237 e. The van der Waals surface area contributed by atoms with E-state index in [1.54, 1.807) is 0 Å². The second-order valence-corrected chi connectivity index (χ2v) is 4.43. The Bertz CT molecular complexity index is 401. The molecule has 1 aromatic carbocycles. The van der Waals surface area contributed by atoms with E-state index >= 15 is 0 Å². The van der Waals surface area contributed by atoms with Crippen LogP contribution in [0.4, 0.5) is 0 Å². The van der Waals surface area contributed by atoms with Crippen molar-refractivity contribution in [1.29, 1.82) is 0 Å². The number of amides is 1. The summed E-state index contributed by atoms with van der Waals surface area (Å²) in [5.74, 6) is 0.118. The molecule has 0 aliphatic carbocycles. The first-order valence-electron chi connectivity index (χ1n) is 5.74. The lowest BCUT2D eigenvalue weighted by Gasteiger charge is -2.24. The van der Waals surface area contributed by atoms with Crippen LogP contribution in [-0.2, 0) is 11.2 Å². The molecule has 0 spiro atoms. The Morgan fingerprint density at radius 3 is 2.88 bits per heavy atom. The molecule has 3 nitrogen and oxygen atoms in total. The van der Waals surface area contributed by atoms with Gasteiger partial charge in [0.15, 0.2) is 0 Å². The number of piperazine rings is 1. The first-order valence-corrected chi connectivity index (χ1v) is 5.74. The van der Waals surface area contributed by atoms with Crippen molar-refractivity contribution in [3.63, 3.8) is 0 Å². The van der Waals surface area contributed by atoms with Gasteiger partial charge in [-0.05, 0) is 31.4 Å². The van der Waals surface area contributed by atoms with Crippen molar-refractivity contribution >= 4 is 5.91 Å². The van der Waals surface area contributed by atoms with E-state index in [9.17, 15) is 4.79 Å². The largest absolute Gasteiger partial charge is 0.353 e. The van der Waals surface area contributed by atoms with Crippen molar-refractivity contribution in [1.82, 2.24) is 10.6 Å². The minimum atomic E-state index is -0.0748. The summed E-state index contributed by atoms with van der Waals surface area (Å²) < 4.78 is 0. The van der Waals surface area contributed by atoms with Gasteiger partial charge in [0.05, 0.1) is 6.04 Å². The van der Waals surface area contributed by atoms with E-state index in [-0.39, 0.29) is 11.9 Å². The molecule has 1 unspecified atom stereocenters. The third-order valence-electron chi connectivity index (χ3n) is 3.06. The Morgan fingerprint density at radius 1 is 1.31 bits per heavy atom. The Morgan fingerprint density at radius 2 is 2.12 bits per heavy atom. The predicted molar refractivity (Wildman–Crippen MR) is 64.4 cm³/mol. The molecule has 1 aromatic rings. The van der Waals surface area contributed by atoms with Crippen LogP contribution in [0.15, 0.2) is 18.2 Å². The van der Waals surface area contributed by atoms with Crippen LogP contribution < -0.4 is 10.6 Å². The molecule has 0 bridgehead atoms. The topological polar surface area (TPSA) is 41.1 Å². The molecule has 0 radical (unpaired) electrons. The van der Waals surface area contributed by atoms with Crippen molar-refractivity contribution in [2.24, 2.45) is 0 Å². The van der Waals surface area contributed by atoms with Crippen molar-refractivity contribution in [2.75, 3.05) is 13.1 Å². The second-order valence-electron chi connectivity index (χ2n) is 4.43. The van der Waals surface area contributed by atoms with Gasteiger partial charge >= 0.3 is 0 Å². The van der Waals surface area contributed by atoms with Crippen LogP contribution in [0.5, 0.6) is 0 Å². The Hall–Kier alpha value is -1.35. The van der Waals surface area contributed by atoms with Gasteiger partial charge in [-0.15, -0.1) is 0 Å². The molecule has 1 aliphatic rings. The standard InChI is InChI=1S/C13H18N2O/c1-9-3-4-10(2)11(7-9)8-12-13(16)15-6-5-14-12/h3-4,7,12,14H,5-6,8H2,1-2H3,(H,15,16). The van der Waals surface area contributed by atoms with E-state index in [4.69, 9.17) is 0 Å². The summed E-state index contributed by atoms with van der Waals surface area (Å²) in [5.41, 5.74) is 3.76. The summed E-state index contributed by atoms with van der Waals surface area (Å²) >= 11 is 0. The third-order valence-corrected chi connectivity index (χ3v) is 3.06. The molecule has 3 heteroatoms. The van der Waals surface area contributed by atoms with Crippen LogP contribution >= 0.6 is 0 Å². The predicted octanol–water partition coefficient (Wildman–Crippen LogP) is 0.934. The van der Waals surface area contributed by atoms with Crippen LogP contribution in [0.2, 0.25) is 0 Å². The van der Waals surface area contributed by atoms with E-state index < -0.39 is 0 Å². The van der Waals surface area contributed by atoms with Gasteiger partial charge in [0.1, 0.15) is 0 Å². The molecule has 86 valence electrons. The lowest BCUT2D eigenvalue weighted by Crippen LogP contribution is -2.53. The molecule has 0 saturated carbocycles. The smallest absolute Gasteiger partial charge is 0.237 e. The second kappa shape index (κ2) is 4.66. The molecular weight excluding hydrogens is 200 g/mol. The van der Waals surface area contributed by atoms with Crippen LogP contribution in [0.1, 0.15) is 16.7 Å². The molecule has 1 amide bonds. The van der Waals surface area contributed by atoms with Gasteiger partial charge in [-0.25, -0.2) is 0 Å². The van der Waals surface area contributed by atoms with Gasteiger partial charge in [-0.1, -0.05) is 23.8 Å². The van der Waals surface area contributed by atoms with Crippen LogP contribution in [0, 0.1) is 13.8 Å². The molecule has 1 heterocycles. The van der Waals surface area contributed by atoms with Crippen molar-refractivity contribution in [3.05, 3.63) is 34.9 Å². The molecule has 16 heavy (non-hydrogen) atoms. The molecule has 1 fully saturated rings. The van der Waals surface area contributed by atoms with Gasteiger partial charge in [-0.2, -0.15) is 0 Å². The summed E-state index contributed by atoms with van der Waals surface area (Å²) in [5, 5.41) is 6.14. The zero-order valence-electron chi connectivity index (χ0n) is 9.84. The van der Waals surface area contributed by atoms with Crippen molar-refractivity contribution < 1.29 is 4.79 Å². The summed E-state index contributed by atoms with van der Waals surface area (Å²) in [6.45, 7) is 5.77. The monoisotopic (exact) mass is 218 g/mol. The van der Waals surface area contributed by atoms with Gasteiger partial charge in [0.25, 0.3) is 0 Å². The number of hydrogen-bond acceptors (Lipinski definition) is 2. The highest BCUT2D eigenvalue weighted by Gasteiger charge is 2.21. The van der Waals surface area contributed by atoms with Gasteiger partial charge in [0.2, 0.25) is 5.91 Å². The van der Waals surface area contributed by atoms with E-state index in [0.717, 1.165) is 19.5 Å².